The monoisotopic (exact) mass is 398 g/mol. The van der Waals surface area contributed by atoms with Gasteiger partial charge in [-0.15, -0.1) is 0 Å². The number of rotatable bonds is 8. The second-order valence-electron chi connectivity index (χ2n) is 7.03. The minimum atomic E-state index is -0.208. The molecular weight excluding hydrogens is 373 g/mol. The van der Waals surface area contributed by atoms with Gasteiger partial charge in [-0.25, -0.2) is 4.39 Å². The molecule has 0 saturated heterocycles. The molecule has 0 spiro atoms. The molecule has 0 heterocycles. The fourth-order valence-electron chi connectivity index (χ4n) is 3.47. The molecular formula is C24H26ClFNO+. The van der Waals surface area contributed by atoms with Crippen LogP contribution in [-0.2, 0) is 0 Å². The Labute approximate surface area is 171 Å². The van der Waals surface area contributed by atoms with E-state index < -0.39 is 0 Å². The molecule has 0 aliphatic heterocycles. The summed E-state index contributed by atoms with van der Waals surface area (Å²) in [5.41, 5.74) is 3.59. The number of ether oxygens (including phenoxy) is 1. The van der Waals surface area contributed by atoms with Crippen LogP contribution in [0, 0.1) is 5.82 Å². The first-order valence-corrected chi connectivity index (χ1v) is 9.93. The van der Waals surface area contributed by atoms with E-state index in [1.165, 1.54) is 23.3 Å². The number of halogens is 2. The predicted octanol–water partition coefficient (Wildman–Crippen LogP) is 5.33. The van der Waals surface area contributed by atoms with Crippen molar-refractivity contribution in [3.63, 3.8) is 0 Å². The maximum Gasteiger partial charge on any atom is 0.123 e. The maximum absolute atomic E-state index is 13.4. The van der Waals surface area contributed by atoms with Gasteiger partial charge in [0.15, 0.2) is 0 Å². The van der Waals surface area contributed by atoms with Gasteiger partial charge in [0.25, 0.3) is 0 Å². The van der Waals surface area contributed by atoms with Gasteiger partial charge < -0.3 is 10.1 Å². The minimum Gasteiger partial charge on any atom is -0.497 e. The van der Waals surface area contributed by atoms with Crippen LogP contribution in [0.1, 0.15) is 42.0 Å². The molecule has 0 aliphatic rings. The standard InChI is InChI=1S/C24H25ClFNO/c1-17(18-3-9-21(25)10-4-18)27-16-15-24(19-5-11-22(26)12-6-19)20-7-13-23(28-2)14-8-20/h3-14,17,24,27H,15-16H2,1-2H3/p+1/t17-,24-/m0/s1. The van der Waals surface area contributed by atoms with Crippen LogP contribution in [0.15, 0.2) is 72.8 Å². The van der Waals surface area contributed by atoms with E-state index in [4.69, 9.17) is 16.3 Å². The number of benzene rings is 3. The minimum absolute atomic E-state index is 0.208. The third-order valence-electron chi connectivity index (χ3n) is 5.16. The number of quaternary nitrogens is 1. The van der Waals surface area contributed by atoms with Crippen molar-refractivity contribution in [3.05, 3.63) is 100 Å². The normalized spacial score (nSPS) is 13.1. The third-order valence-corrected chi connectivity index (χ3v) is 5.41. The van der Waals surface area contributed by atoms with Crippen molar-refractivity contribution < 1.29 is 14.4 Å². The Hall–Kier alpha value is -2.36. The van der Waals surface area contributed by atoms with Gasteiger partial charge in [-0.05, 0) is 54.4 Å². The first-order valence-electron chi connectivity index (χ1n) is 9.55. The van der Waals surface area contributed by atoms with E-state index in [-0.39, 0.29) is 11.7 Å². The summed E-state index contributed by atoms with van der Waals surface area (Å²) >= 11 is 5.98. The molecule has 4 heteroatoms. The van der Waals surface area contributed by atoms with E-state index in [2.05, 4.69) is 36.5 Å². The summed E-state index contributed by atoms with van der Waals surface area (Å²) in [7, 11) is 1.67. The lowest BCUT2D eigenvalue weighted by molar-refractivity contribution is -0.693. The Morgan fingerprint density at radius 3 is 1.96 bits per heavy atom. The van der Waals surface area contributed by atoms with Gasteiger partial charge in [-0.1, -0.05) is 48.0 Å². The van der Waals surface area contributed by atoms with Crippen molar-refractivity contribution in [1.82, 2.24) is 0 Å². The largest absolute Gasteiger partial charge is 0.497 e. The average molecular weight is 399 g/mol. The smallest absolute Gasteiger partial charge is 0.123 e. The van der Waals surface area contributed by atoms with Crippen LogP contribution >= 0.6 is 11.6 Å². The lowest BCUT2D eigenvalue weighted by Crippen LogP contribution is -2.84. The molecule has 0 saturated carbocycles. The summed E-state index contributed by atoms with van der Waals surface area (Å²) < 4.78 is 18.7. The summed E-state index contributed by atoms with van der Waals surface area (Å²) in [5.74, 6) is 0.838. The van der Waals surface area contributed by atoms with E-state index in [0.717, 1.165) is 29.3 Å². The highest BCUT2D eigenvalue weighted by Crippen LogP contribution is 2.29. The zero-order valence-electron chi connectivity index (χ0n) is 16.2. The molecule has 0 aromatic heterocycles. The van der Waals surface area contributed by atoms with Crippen molar-refractivity contribution >= 4 is 11.6 Å². The van der Waals surface area contributed by atoms with Crippen LogP contribution in [0.2, 0.25) is 5.02 Å². The zero-order chi connectivity index (χ0) is 19.9. The fraction of sp³-hybridized carbons (Fsp3) is 0.250. The molecule has 3 aromatic rings. The lowest BCUT2D eigenvalue weighted by atomic mass is 9.88. The Balaban J connectivity index is 1.71. The Morgan fingerprint density at radius 2 is 1.39 bits per heavy atom. The molecule has 0 bridgehead atoms. The van der Waals surface area contributed by atoms with E-state index in [9.17, 15) is 4.39 Å². The molecule has 0 aliphatic carbocycles. The summed E-state index contributed by atoms with van der Waals surface area (Å²) in [6, 6.07) is 23.3. The zero-order valence-corrected chi connectivity index (χ0v) is 17.0. The molecule has 0 fully saturated rings. The van der Waals surface area contributed by atoms with Gasteiger partial charge in [0.1, 0.15) is 17.6 Å². The Kier molecular flexibility index (Phi) is 7.07. The molecule has 2 nitrogen and oxygen atoms in total. The van der Waals surface area contributed by atoms with Crippen molar-refractivity contribution in [3.8, 4) is 5.75 Å². The molecule has 3 rings (SSSR count). The summed E-state index contributed by atoms with van der Waals surface area (Å²) in [6.45, 7) is 3.15. The maximum atomic E-state index is 13.4. The quantitative estimate of drug-likeness (QED) is 0.545. The molecule has 2 N–H and O–H groups in total. The number of hydrogen-bond acceptors (Lipinski definition) is 1. The van der Waals surface area contributed by atoms with Gasteiger partial charge in [0.05, 0.1) is 13.7 Å². The highest BCUT2D eigenvalue weighted by molar-refractivity contribution is 6.30. The van der Waals surface area contributed by atoms with Crippen LogP contribution in [0.3, 0.4) is 0 Å². The number of methoxy groups -OCH3 is 1. The lowest BCUT2D eigenvalue weighted by Gasteiger charge is -2.19. The first-order chi connectivity index (χ1) is 13.6. The molecule has 146 valence electrons. The summed E-state index contributed by atoms with van der Waals surface area (Å²) in [4.78, 5) is 0. The van der Waals surface area contributed by atoms with Crippen molar-refractivity contribution in [2.45, 2.75) is 25.3 Å². The Bertz CT molecular complexity index is 863. The molecule has 0 amide bonds. The van der Waals surface area contributed by atoms with Crippen LogP contribution in [0.25, 0.3) is 0 Å². The first kappa shape index (κ1) is 20.4. The average Bonchev–Trinajstić information content (AvgIpc) is 2.72. The summed E-state index contributed by atoms with van der Waals surface area (Å²) in [6.07, 6.45) is 0.954. The molecule has 0 radical (unpaired) electrons. The second-order valence-corrected chi connectivity index (χ2v) is 7.47. The van der Waals surface area contributed by atoms with E-state index in [0.29, 0.717) is 6.04 Å². The third kappa shape index (κ3) is 5.34. The van der Waals surface area contributed by atoms with Crippen LogP contribution in [0.4, 0.5) is 4.39 Å². The van der Waals surface area contributed by atoms with Gasteiger partial charge in [-0.3, -0.25) is 0 Å². The Morgan fingerprint density at radius 1 is 0.857 bits per heavy atom. The SMILES string of the molecule is COc1ccc([C@@H](CC[NH2+][C@@H](C)c2ccc(Cl)cc2)c2ccc(F)cc2)cc1. The van der Waals surface area contributed by atoms with Crippen LogP contribution in [0.5, 0.6) is 5.75 Å². The van der Waals surface area contributed by atoms with Crippen molar-refractivity contribution in [2.24, 2.45) is 0 Å². The van der Waals surface area contributed by atoms with Gasteiger partial charge in [0, 0.05) is 22.9 Å². The van der Waals surface area contributed by atoms with Gasteiger partial charge in [-0.2, -0.15) is 0 Å². The van der Waals surface area contributed by atoms with Crippen LogP contribution < -0.4 is 10.1 Å². The van der Waals surface area contributed by atoms with Crippen molar-refractivity contribution in [1.29, 1.82) is 0 Å². The topological polar surface area (TPSA) is 25.8 Å². The highest BCUT2D eigenvalue weighted by atomic mass is 35.5. The molecule has 3 aromatic carbocycles. The second kappa shape index (κ2) is 9.72. The molecule has 0 unspecified atom stereocenters. The van der Waals surface area contributed by atoms with Crippen LogP contribution in [-0.4, -0.2) is 13.7 Å². The van der Waals surface area contributed by atoms with Gasteiger partial charge in [0.2, 0.25) is 0 Å². The van der Waals surface area contributed by atoms with Crippen molar-refractivity contribution in [2.75, 3.05) is 13.7 Å². The highest BCUT2D eigenvalue weighted by Gasteiger charge is 2.17. The van der Waals surface area contributed by atoms with Gasteiger partial charge >= 0.3 is 0 Å². The number of hydrogen-bond donors (Lipinski definition) is 1. The van der Waals surface area contributed by atoms with E-state index in [1.807, 2.05) is 36.4 Å². The van der Waals surface area contributed by atoms with E-state index in [1.54, 1.807) is 7.11 Å². The predicted molar refractivity (Wildman–Crippen MR) is 113 cm³/mol. The molecule has 2 atom stereocenters. The fourth-order valence-corrected chi connectivity index (χ4v) is 3.60. The van der Waals surface area contributed by atoms with E-state index >= 15 is 0 Å². The summed E-state index contributed by atoms with van der Waals surface area (Å²) in [5, 5.41) is 3.09. The number of nitrogens with two attached hydrogens (primary N) is 1. The molecule has 28 heavy (non-hydrogen) atoms.